The van der Waals surface area contributed by atoms with Crippen molar-refractivity contribution in [2.75, 3.05) is 26.7 Å². The van der Waals surface area contributed by atoms with E-state index in [4.69, 9.17) is 5.73 Å². The summed E-state index contributed by atoms with van der Waals surface area (Å²) in [5.74, 6) is 0.138. The highest BCUT2D eigenvalue weighted by atomic mass is 16.2. The van der Waals surface area contributed by atoms with Crippen LogP contribution < -0.4 is 5.73 Å². The van der Waals surface area contributed by atoms with Crippen LogP contribution in [0.4, 0.5) is 0 Å². The molecular weight excluding hydrogens is 334 g/mol. The molecule has 2 N–H and O–H groups in total. The molecule has 27 heavy (non-hydrogen) atoms. The van der Waals surface area contributed by atoms with E-state index in [-0.39, 0.29) is 23.4 Å². The van der Waals surface area contributed by atoms with E-state index < -0.39 is 0 Å². The van der Waals surface area contributed by atoms with E-state index in [0.717, 1.165) is 30.6 Å². The molecule has 0 spiro atoms. The van der Waals surface area contributed by atoms with Crippen LogP contribution >= 0.6 is 0 Å². The molecule has 1 atom stereocenters. The fourth-order valence-electron chi connectivity index (χ4n) is 3.98. The Balaban J connectivity index is 1.78. The van der Waals surface area contributed by atoms with Gasteiger partial charge in [0.15, 0.2) is 0 Å². The molecule has 144 valence electrons. The lowest BCUT2D eigenvalue weighted by Crippen LogP contribution is -2.54. The van der Waals surface area contributed by atoms with E-state index in [9.17, 15) is 4.79 Å². The van der Waals surface area contributed by atoms with Crippen LogP contribution in [0.15, 0.2) is 60.7 Å². The minimum Gasteiger partial charge on any atom is -0.334 e. The van der Waals surface area contributed by atoms with Gasteiger partial charge >= 0.3 is 0 Å². The van der Waals surface area contributed by atoms with Gasteiger partial charge in [0.1, 0.15) is 0 Å². The second kappa shape index (κ2) is 8.24. The molecule has 0 bridgehead atoms. The van der Waals surface area contributed by atoms with Crippen molar-refractivity contribution in [3.05, 3.63) is 71.8 Å². The van der Waals surface area contributed by atoms with E-state index in [2.05, 4.69) is 43.0 Å². The molecule has 2 aromatic carbocycles. The normalized spacial score (nSPS) is 19.8. The summed E-state index contributed by atoms with van der Waals surface area (Å²) in [7, 11) is 1.91. The third-order valence-electron chi connectivity index (χ3n) is 5.76. The lowest BCUT2D eigenvalue weighted by Gasteiger charge is -2.43. The monoisotopic (exact) mass is 365 g/mol. The fourth-order valence-corrected chi connectivity index (χ4v) is 3.98. The standard InChI is InChI=1S/C23H31N3O/c1-23(2)17-26(15-14-20(23)24)16-21(27)25(3)22(18-10-6-4-7-11-18)19-12-8-5-9-13-19/h4-13,20,22H,14-17,24H2,1-3H3. The lowest BCUT2D eigenvalue weighted by atomic mass is 9.80. The van der Waals surface area contributed by atoms with Crippen LogP contribution in [-0.2, 0) is 4.79 Å². The summed E-state index contributed by atoms with van der Waals surface area (Å²) in [5.41, 5.74) is 8.53. The molecule has 1 heterocycles. The first-order valence-corrected chi connectivity index (χ1v) is 9.72. The Morgan fingerprint density at radius 2 is 1.63 bits per heavy atom. The van der Waals surface area contributed by atoms with Gasteiger partial charge in [-0.05, 0) is 23.0 Å². The topological polar surface area (TPSA) is 49.6 Å². The summed E-state index contributed by atoms with van der Waals surface area (Å²) in [4.78, 5) is 17.3. The number of piperidine rings is 1. The van der Waals surface area contributed by atoms with Gasteiger partial charge < -0.3 is 10.6 Å². The van der Waals surface area contributed by atoms with Crippen LogP contribution in [0.2, 0.25) is 0 Å². The molecule has 0 aliphatic carbocycles. The van der Waals surface area contributed by atoms with Crippen molar-refractivity contribution in [1.29, 1.82) is 0 Å². The SMILES string of the molecule is CN(C(=O)CN1CCC(N)C(C)(C)C1)C(c1ccccc1)c1ccccc1. The quantitative estimate of drug-likeness (QED) is 0.884. The number of likely N-dealkylation sites (N-methyl/N-ethyl adjacent to an activating group) is 1. The Morgan fingerprint density at radius 1 is 1.11 bits per heavy atom. The highest BCUT2D eigenvalue weighted by molar-refractivity contribution is 5.79. The predicted octanol–water partition coefficient (Wildman–Crippen LogP) is 3.29. The Kier molecular flexibility index (Phi) is 5.98. The molecule has 1 amide bonds. The Bertz CT molecular complexity index is 705. The smallest absolute Gasteiger partial charge is 0.237 e. The second-order valence-electron chi connectivity index (χ2n) is 8.32. The van der Waals surface area contributed by atoms with Crippen LogP contribution in [0.5, 0.6) is 0 Å². The number of rotatable bonds is 5. The molecule has 0 saturated carbocycles. The van der Waals surface area contributed by atoms with Crippen LogP contribution in [-0.4, -0.2) is 48.4 Å². The molecule has 2 aromatic rings. The van der Waals surface area contributed by atoms with E-state index in [1.165, 1.54) is 0 Å². The van der Waals surface area contributed by atoms with Crippen molar-refractivity contribution in [1.82, 2.24) is 9.80 Å². The third-order valence-corrected chi connectivity index (χ3v) is 5.76. The van der Waals surface area contributed by atoms with Crippen molar-refractivity contribution in [3.63, 3.8) is 0 Å². The summed E-state index contributed by atoms with van der Waals surface area (Å²) in [6.45, 7) is 6.55. The molecule has 1 aliphatic rings. The number of hydrogen-bond donors (Lipinski definition) is 1. The first-order chi connectivity index (χ1) is 12.9. The average molecular weight is 366 g/mol. The van der Waals surface area contributed by atoms with E-state index >= 15 is 0 Å². The molecule has 1 aliphatic heterocycles. The lowest BCUT2D eigenvalue weighted by molar-refractivity contribution is -0.133. The van der Waals surface area contributed by atoms with Gasteiger partial charge in [-0.3, -0.25) is 9.69 Å². The minimum absolute atomic E-state index is 0.0371. The van der Waals surface area contributed by atoms with Crippen molar-refractivity contribution < 1.29 is 4.79 Å². The van der Waals surface area contributed by atoms with Gasteiger partial charge in [-0.2, -0.15) is 0 Å². The van der Waals surface area contributed by atoms with Crippen molar-refractivity contribution in [3.8, 4) is 0 Å². The molecule has 0 aromatic heterocycles. The zero-order valence-corrected chi connectivity index (χ0v) is 16.6. The number of carbonyl (C=O) groups excluding carboxylic acids is 1. The second-order valence-corrected chi connectivity index (χ2v) is 8.32. The zero-order chi connectivity index (χ0) is 19.4. The average Bonchev–Trinajstić information content (AvgIpc) is 2.66. The molecule has 4 heteroatoms. The summed E-state index contributed by atoms with van der Waals surface area (Å²) < 4.78 is 0. The van der Waals surface area contributed by atoms with Crippen molar-refractivity contribution >= 4 is 5.91 Å². The molecule has 1 saturated heterocycles. The van der Waals surface area contributed by atoms with Gasteiger partial charge in [-0.25, -0.2) is 0 Å². The van der Waals surface area contributed by atoms with Gasteiger partial charge in [0.05, 0.1) is 12.6 Å². The summed E-state index contributed by atoms with van der Waals surface area (Å²) >= 11 is 0. The number of carbonyl (C=O) groups is 1. The first kappa shape index (κ1) is 19.6. The maximum Gasteiger partial charge on any atom is 0.237 e. The van der Waals surface area contributed by atoms with E-state index in [0.29, 0.717) is 6.54 Å². The van der Waals surface area contributed by atoms with Gasteiger partial charge in [0, 0.05) is 26.2 Å². The van der Waals surface area contributed by atoms with Crippen LogP contribution in [0.1, 0.15) is 37.4 Å². The van der Waals surface area contributed by atoms with Gasteiger partial charge in [0.2, 0.25) is 5.91 Å². The Morgan fingerprint density at radius 3 is 2.11 bits per heavy atom. The van der Waals surface area contributed by atoms with Crippen LogP contribution in [0.3, 0.4) is 0 Å². The Hall–Kier alpha value is -2.17. The number of nitrogens with two attached hydrogens (primary N) is 1. The maximum absolute atomic E-state index is 13.1. The van der Waals surface area contributed by atoms with Crippen LogP contribution in [0, 0.1) is 5.41 Å². The van der Waals surface area contributed by atoms with E-state index in [1.54, 1.807) is 0 Å². The number of hydrogen-bond acceptors (Lipinski definition) is 3. The highest BCUT2D eigenvalue weighted by Gasteiger charge is 2.35. The summed E-state index contributed by atoms with van der Waals surface area (Å²) in [5, 5.41) is 0. The first-order valence-electron chi connectivity index (χ1n) is 9.72. The van der Waals surface area contributed by atoms with Crippen molar-refractivity contribution in [2.45, 2.75) is 32.4 Å². The van der Waals surface area contributed by atoms with Gasteiger partial charge in [0.25, 0.3) is 0 Å². The minimum atomic E-state index is -0.0834. The number of nitrogens with zero attached hydrogens (tertiary/aromatic N) is 2. The molecule has 1 fully saturated rings. The highest BCUT2D eigenvalue weighted by Crippen LogP contribution is 2.30. The largest absolute Gasteiger partial charge is 0.334 e. The molecular formula is C23H31N3O. The predicted molar refractivity (Wildman–Crippen MR) is 110 cm³/mol. The van der Waals surface area contributed by atoms with Gasteiger partial charge in [-0.15, -0.1) is 0 Å². The summed E-state index contributed by atoms with van der Waals surface area (Å²) in [6, 6.07) is 20.6. The molecule has 4 nitrogen and oxygen atoms in total. The number of benzene rings is 2. The van der Waals surface area contributed by atoms with Crippen molar-refractivity contribution in [2.24, 2.45) is 11.1 Å². The fraction of sp³-hybridized carbons (Fsp3) is 0.435. The third kappa shape index (κ3) is 4.57. The molecule has 0 radical (unpaired) electrons. The zero-order valence-electron chi connectivity index (χ0n) is 16.6. The maximum atomic E-state index is 13.1. The molecule has 3 rings (SSSR count). The van der Waals surface area contributed by atoms with Gasteiger partial charge in [-0.1, -0.05) is 74.5 Å². The van der Waals surface area contributed by atoms with Crippen LogP contribution in [0.25, 0.3) is 0 Å². The number of amides is 1. The Labute approximate surface area is 163 Å². The van der Waals surface area contributed by atoms with E-state index in [1.807, 2.05) is 48.3 Å². The number of likely N-dealkylation sites (tertiary alicyclic amines) is 1. The summed E-state index contributed by atoms with van der Waals surface area (Å²) in [6.07, 6.45) is 0.935. The molecule has 1 unspecified atom stereocenters.